The third kappa shape index (κ3) is 4.23. The lowest BCUT2D eigenvalue weighted by Crippen LogP contribution is -2.46. The Morgan fingerprint density at radius 3 is 2.34 bits per heavy atom. The number of hydrogen-bond acceptors (Lipinski definition) is 5. The second-order valence-corrected chi connectivity index (χ2v) is 10.8. The maximum Gasteiger partial charge on any atom is 0.179 e. The van der Waals surface area contributed by atoms with Crippen molar-refractivity contribution in [2.45, 2.75) is 40.2 Å². The van der Waals surface area contributed by atoms with E-state index >= 15 is 0 Å². The van der Waals surface area contributed by atoms with Crippen molar-refractivity contribution >= 4 is 34.6 Å². The molecule has 0 unspecified atom stereocenters. The molecule has 1 atom stereocenters. The van der Waals surface area contributed by atoms with Crippen molar-refractivity contribution in [1.29, 1.82) is 0 Å². The number of para-hydroxylation sites is 3. The Morgan fingerprint density at radius 1 is 0.805 bits per heavy atom. The lowest BCUT2D eigenvalue weighted by atomic mass is 9.92. The van der Waals surface area contributed by atoms with Crippen molar-refractivity contribution in [2.75, 3.05) is 10.2 Å². The average Bonchev–Trinajstić information content (AvgIpc) is 3.34. The van der Waals surface area contributed by atoms with Crippen molar-refractivity contribution in [3.8, 4) is 5.69 Å². The summed E-state index contributed by atoms with van der Waals surface area (Å²) in [4.78, 5) is 12.8. The van der Waals surface area contributed by atoms with Gasteiger partial charge in [-0.1, -0.05) is 73.7 Å². The van der Waals surface area contributed by atoms with Crippen molar-refractivity contribution in [1.82, 2.24) is 9.78 Å². The fourth-order valence-corrected chi connectivity index (χ4v) is 5.80. The minimum absolute atomic E-state index is 0.132. The van der Waals surface area contributed by atoms with Crippen molar-refractivity contribution in [2.24, 2.45) is 9.98 Å². The van der Waals surface area contributed by atoms with Crippen LogP contribution in [0.25, 0.3) is 5.69 Å². The van der Waals surface area contributed by atoms with Crippen molar-refractivity contribution < 1.29 is 0 Å². The number of rotatable bonds is 4. The van der Waals surface area contributed by atoms with E-state index in [4.69, 9.17) is 15.1 Å². The number of nitrogens with one attached hydrogen (secondary N) is 1. The highest BCUT2D eigenvalue weighted by atomic mass is 15.4. The monoisotopic (exact) mass is 536 g/mol. The fourth-order valence-electron chi connectivity index (χ4n) is 5.80. The van der Waals surface area contributed by atoms with Crippen LogP contribution in [-0.4, -0.2) is 21.5 Å². The van der Waals surface area contributed by atoms with E-state index in [-0.39, 0.29) is 6.04 Å². The molecule has 6 nitrogen and oxygen atoms in total. The highest BCUT2D eigenvalue weighted by Crippen LogP contribution is 2.48. The molecule has 202 valence electrons. The van der Waals surface area contributed by atoms with E-state index in [9.17, 15) is 0 Å². The van der Waals surface area contributed by atoms with Gasteiger partial charge < -0.3 is 10.2 Å². The Labute approximate surface area is 240 Å². The molecule has 0 spiro atoms. The largest absolute Gasteiger partial charge is 0.337 e. The van der Waals surface area contributed by atoms with Gasteiger partial charge in [0.1, 0.15) is 0 Å². The Morgan fingerprint density at radius 2 is 1.56 bits per heavy atom. The van der Waals surface area contributed by atoms with Crippen LogP contribution in [0.4, 0.5) is 22.9 Å². The predicted molar refractivity (Wildman–Crippen MR) is 169 cm³/mol. The smallest absolute Gasteiger partial charge is 0.179 e. The number of aliphatic imine (C=N–C) groups is 2. The molecule has 0 radical (unpaired) electrons. The molecule has 0 bridgehead atoms. The Hall–Kier alpha value is -4.97. The highest BCUT2D eigenvalue weighted by Gasteiger charge is 2.41. The van der Waals surface area contributed by atoms with Crippen LogP contribution in [0.5, 0.6) is 0 Å². The predicted octanol–water partition coefficient (Wildman–Crippen LogP) is 8.16. The van der Waals surface area contributed by atoms with E-state index in [1.165, 1.54) is 16.7 Å². The van der Waals surface area contributed by atoms with E-state index in [2.05, 4.69) is 111 Å². The van der Waals surface area contributed by atoms with Gasteiger partial charge in [0.2, 0.25) is 0 Å². The van der Waals surface area contributed by atoms with Crippen molar-refractivity contribution in [3.05, 3.63) is 131 Å². The van der Waals surface area contributed by atoms with E-state index in [0.29, 0.717) is 0 Å². The number of aromatic nitrogens is 2. The SMILES string of the molecule is CCc1ccc([C@@H]2c3c(C)nn(-c4ccccc4)c3N=C3C(Nc4cc(C)ccc4C)=Nc4ccccc4N32)cc1. The number of fused-ring (bicyclic) bond motifs is 4. The van der Waals surface area contributed by atoms with Gasteiger partial charge >= 0.3 is 0 Å². The molecule has 1 N–H and O–H groups in total. The van der Waals surface area contributed by atoms with Crippen LogP contribution in [0.15, 0.2) is 107 Å². The zero-order valence-corrected chi connectivity index (χ0v) is 23.8. The van der Waals surface area contributed by atoms with Crippen LogP contribution < -0.4 is 10.2 Å². The molecular weight excluding hydrogens is 504 g/mol. The van der Waals surface area contributed by atoms with Gasteiger partial charge in [-0.05, 0) is 79.8 Å². The third-order valence-corrected chi connectivity index (χ3v) is 7.99. The molecule has 2 aliphatic rings. The van der Waals surface area contributed by atoms with Gasteiger partial charge in [0.15, 0.2) is 17.5 Å². The summed E-state index contributed by atoms with van der Waals surface area (Å²) < 4.78 is 1.97. The van der Waals surface area contributed by atoms with Crippen LogP contribution in [0, 0.1) is 20.8 Å². The maximum absolute atomic E-state index is 5.35. The van der Waals surface area contributed by atoms with E-state index < -0.39 is 0 Å². The van der Waals surface area contributed by atoms with E-state index in [0.717, 1.165) is 63.5 Å². The molecule has 5 aromatic rings. The first-order chi connectivity index (χ1) is 20.0. The Balaban J connectivity index is 1.49. The molecule has 41 heavy (non-hydrogen) atoms. The molecule has 1 aromatic heterocycles. The lowest BCUT2D eigenvalue weighted by Gasteiger charge is -2.40. The minimum atomic E-state index is -0.132. The second-order valence-electron chi connectivity index (χ2n) is 10.8. The summed E-state index contributed by atoms with van der Waals surface area (Å²) in [6, 6.07) is 33.8. The Bertz CT molecular complexity index is 1830. The number of amidine groups is 2. The summed E-state index contributed by atoms with van der Waals surface area (Å²) in [7, 11) is 0. The fraction of sp³-hybridized carbons (Fsp3) is 0.171. The summed E-state index contributed by atoms with van der Waals surface area (Å²) >= 11 is 0. The summed E-state index contributed by atoms with van der Waals surface area (Å²) in [6.07, 6.45) is 0.997. The van der Waals surface area contributed by atoms with Gasteiger partial charge in [-0.3, -0.25) is 0 Å². The molecule has 7 rings (SSSR count). The number of anilines is 2. The Kier molecular flexibility index (Phi) is 6.04. The van der Waals surface area contributed by atoms with Crippen LogP contribution >= 0.6 is 0 Å². The van der Waals surface area contributed by atoms with Crippen LogP contribution in [0.2, 0.25) is 0 Å². The third-order valence-electron chi connectivity index (χ3n) is 7.99. The first kappa shape index (κ1) is 25.0. The van der Waals surface area contributed by atoms with E-state index in [1.54, 1.807) is 0 Å². The average molecular weight is 537 g/mol. The number of benzene rings is 4. The molecule has 3 heterocycles. The first-order valence-electron chi connectivity index (χ1n) is 14.2. The van der Waals surface area contributed by atoms with Crippen LogP contribution in [0.1, 0.15) is 46.5 Å². The molecule has 0 saturated carbocycles. The van der Waals surface area contributed by atoms with Gasteiger partial charge in [-0.25, -0.2) is 14.7 Å². The molecule has 0 amide bonds. The zero-order chi connectivity index (χ0) is 28.1. The second kappa shape index (κ2) is 9.89. The zero-order valence-electron chi connectivity index (χ0n) is 23.8. The van der Waals surface area contributed by atoms with Crippen molar-refractivity contribution in [3.63, 3.8) is 0 Å². The first-order valence-corrected chi connectivity index (χ1v) is 14.2. The minimum Gasteiger partial charge on any atom is -0.337 e. The summed E-state index contributed by atoms with van der Waals surface area (Å²) in [5, 5.41) is 8.71. The summed E-state index contributed by atoms with van der Waals surface area (Å²) in [5.41, 5.74) is 10.8. The molecular formula is C35H32N6. The van der Waals surface area contributed by atoms with Gasteiger partial charge in [-0.2, -0.15) is 5.10 Å². The van der Waals surface area contributed by atoms with Gasteiger partial charge in [0.05, 0.1) is 28.8 Å². The molecule has 6 heteroatoms. The van der Waals surface area contributed by atoms with Gasteiger partial charge in [-0.15, -0.1) is 0 Å². The summed E-state index contributed by atoms with van der Waals surface area (Å²) in [5.74, 6) is 2.33. The standard InChI is InChI=1S/C35H32N6/c1-5-25-17-19-26(20-18-25)32-31-24(4)39-41(27-11-7-6-8-12-27)34(31)38-35-33(37-29-21-22(2)15-16-23(29)3)36-28-13-9-10-14-30(28)40(32)35/h6-21,32H,5H2,1-4H3,(H,36,37)/t32-/m1/s1. The number of nitrogens with zero attached hydrogens (tertiary/aromatic N) is 5. The lowest BCUT2D eigenvalue weighted by molar-refractivity contribution is 0.814. The molecule has 2 aliphatic heterocycles. The molecule has 0 saturated heterocycles. The summed E-state index contributed by atoms with van der Waals surface area (Å²) in [6.45, 7) is 8.50. The van der Waals surface area contributed by atoms with Gasteiger partial charge in [0.25, 0.3) is 0 Å². The van der Waals surface area contributed by atoms with Crippen LogP contribution in [0.3, 0.4) is 0 Å². The van der Waals surface area contributed by atoms with Crippen LogP contribution in [-0.2, 0) is 6.42 Å². The van der Waals surface area contributed by atoms with Gasteiger partial charge in [0, 0.05) is 11.3 Å². The number of hydrogen-bond donors (Lipinski definition) is 1. The normalized spacial score (nSPS) is 15.4. The quantitative estimate of drug-likeness (QED) is 0.252. The van der Waals surface area contributed by atoms with E-state index in [1.807, 2.05) is 28.9 Å². The molecule has 0 fully saturated rings. The topological polar surface area (TPSA) is 57.8 Å². The molecule has 0 aliphatic carbocycles. The number of aryl methyl sites for hydroxylation is 4. The maximum atomic E-state index is 5.35. The molecule has 4 aromatic carbocycles. The highest BCUT2D eigenvalue weighted by molar-refractivity contribution is 6.51.